The zero-order chi connectivity index (χ0) is 9.52. The topological polar surface area (TPSA) is 64.9 Å². The Morgan fingerprint density at radius 1 is 1.38 bits per heavy atom. The van der Waals surface area contributed by atoms with E-state index in [1.165, 1.54) is 0 Å². The highest BCUT2D eigenvalue weighted by Gasteiger charge is 1.91. The summed E-state index contributed by atoms with van der Waals surface area (Å²) in [5.41, 5.74) is 11.5. The summed E-state index contributed by atoms with van der Waals surface area (Å²) in [6.45, 7) is 0.593. The number of hydrogen-bond donors (Lipinski definition) is 2. The van der Waals surface area contributed by atoms with Crippen molar-refractivity contribution in [2.45, 2.75) is 5.03 Å². The van der Waals surface area contributed by atoms with Crippen LogP contribution in [0.25, 0.3) is 0 Å². The molecule has 1 aromatic rings. The van der Waals surface area contributed by atoms with Crippen LogP contribution in [0.1, 0.15) is 0 Å². The molecule has 1 heterocycles. The van der Waals surface area contributed by atoms with Crippen molar-refractivity contribution >= 4 is 17.4 Å². The maximum absolute atomic E-state index is 5.50. The van der Waals surface area contributed by atoms with Gasteiger partial charge in [0.2, 0.25) is 0 Å². The van der Waals surface area contributed by atoms with Crippen LogP contribution in [-0.2, 0) is 0 Å². The highest BCUT2D eigenvalue weighted by atomic mass is 32.2. The van der Waals surface area contributed by atoms with E-state index in [4.69, 9.17) is 11.5 Å². The number of anilines is 1. The number of pyridine rings is 1. The SMILES string of the molecule is NC/C=C/CSc1ccc(N)cn1. The van der Waals surface area contributed by atoms with Gasteiger partial charge in [0.05, 0.1) is 16.9 Å². The number of nitrogens with zero attached hydrogens (tertiary/aromatic N) is 1. The normalized spacial score (nSPS) is 10.8. The molecule has 0 aliphatic carbocycles. The van der Waals surface area contributed by atoms with Crippen LogP contribution < -0.4 is 11.5 Å². The molecule has 0 amide bonds. The largest absolute Gasteiger partial charge is 0.397 e. The minimum Gasteiger partial charge on any atom is -0.397 e. The minimum absolute atomic E-state index is 0.593. The lowest BCUT2D eigenvalue weighted by molar-refractivity contribution is 1.14. The molecular weight excluding hydrogens is 182 g/mol. The van der Waals surface area contributed by atoms with Crippen LogP contribution in [0.5, 0.6) is 0 Å². The van der Waals surface area contributed by atoms with Crippen LogP contribution in [0.4, 0.5) is 5.69 Å². The molecule has 0 aliphatic heterocycles. The summed E-state index contributed by atoms with van der Waals surface area (Å²) >= 11 is 1.66. The molecule has 0 saturated heterocycles. The molecule has 70 valence electrons. The summed E-state index contributed by atoms with van der Waals surface area (Å²) in [6.07, 6.45) is 5.63. The van der Waals surface area contributed by atoms with Crippen LogP contribution in [-0.4, -0.2) is 17.3 Å². The zero-order valence-electron chi connectivity index (χ0n) is 7.31. The van der Waals surface area contributed by atoms with E-state index in [0.29, 0.717) is 12.2 Å². The Morgan fingerprint density at radius 3 is 2.85 bits per heavy atom. The van der Waals surface area contributed by atoms with Crippen molar-refractivity contribution in [1.82, 2.24) is 4.98 Å². The predicted molar refractivity (Wildman–Crippen MR) is 57.6 cm³/mol. The molecule has 0 saturated carbocycles. The molecule has 13 heavy (non-hydrogen) atoms. The molecule has 1 rings (SSSR count). The van der Waals surface area contributed by atoms with Crippen molar-refractivity contribution < 1.29 is 0 Å². The van der Waals surface area contributed by atoms with E-state index in [9.17, 15) is 0 Å². The lowest BCUT2D eigenvalue weighted by atomic mass is 10.4. The fourth-order valence-electron chi connectivity index (χ4n) is 0.775. The smallest absolute Gasteiger partial charge is 0.0964 e. The molecule has 0 spiro atoms. The second-order valence-corrected chi connectivity index (χ2v) is 3.49. The highest BCUT2D eigenvalue weighted by molar-refractivity contribution is 7.99. The Morgan fingerprint density at radius 2 is 2.23 bits per heavy atom. The van der Waals surface area contributed by atoms with Crippen LogP contribution in [0.2, 0.25) is 0 Å². The maximum Gasteiger partial charge on any atom is 0.0964 e. The predicted octanol–water partition coefficient (Wildman–Crippen LogP) is 1.27. The molecule has 4 heteroatoms. The Bertz CT molecular complexity index is 269. The molecule has 0 fully saturated rings. The summed E-state index contributed by atoms with van der Waals surface area (Å²) in [7, 11) is 0. The fourth-order valence-corrected chi connectivity index (χ4v) is 1.47. The second kappa shape index (κ2) is 5.61. The van der Waals surface area contributed by atoms with Gasteiger partial charge in [-0.25, -0.2) is 4.98 Å². The molecule has 3 nitrogen and oxygen atoms in total. The third-order valence-electron chi connectivity index (χ3n) is 1.39. The van der Waals surface area contributed by atoms with Gasteiger partial charge in [-0.05, 0) is 12.1 Å². The first-order chi connectivity index (χ1) is 6.33. The van der Waals surface area contributed by atoms with Gasteiger partial charge < -0.3 is 11.5 Å². The minimum atomic E-state index is 0.593. The van der Waals surface area contributed by atoms with Gasteiger partial charge >= 0.3 is 0 Å². The molecule has 0 radical (unpaired) electrons. The number of nitrogen functional groups attached to an aromatic ring is 1. The van der Waals surface area contributed by atoms with Crippen molar-refractivity contribution in [3.63, 3.8) is 0 Å². The first kappa shape index (κ1) is 10.1. The third kappa shape index (κ3) is 3.96. The van der Waals surface area contributed by atoms with Gasteiger partial charge in [0.15, 0.2) is 0 Å². The van der Waals surface area contributed by atoms with Gasteiger partial charge in [-0.15, -0.1) is 11.8 Å². The third-order valence-corrected chi connectivity index (χ3v) is 2.29. The van der Waals surface area contributed by atoms with Gasteiger partial charge in [0.25, 0.3) is 0 Å². The quantitative estimate of drug-likeness (QED) is 0.561. The molecule has 4 N–H and O–H groups in total. The number of nitrogens with two attached hydrogens (primary N) is 2. The molecular formula is C9H13N3S. The first-order valence-electron chi connectivity index (χ1n) is 4.02. The Kier molecular flexibility index (Phi) is 4.35. The average Bonchev–Trinajstić information content (AvgIpc) is 2.15. The molecule has 0 bridgehead atoms. The molecule has 0 unspecified atom stereocenters. The standard InChI is InChI=1S/C9H13N3S/c10-5-1-2-6-13-9-4-3-8(11)7-12-9/h1-4,7H,5-6,10-11H2/b2-1+. The van der Waals surface area contributed by atoms with E-state index >= 15 is 0 Å². The summed E-state index contributed by atoms with van der Waals surface area (Å²) in [6, 6.07) is 3.76. The van der Waals surface area contributed by atoms with E-state index in [2.05, 4.69) is 4.98 Å². The van der Waals surface area contributed by atoms with Crippen LogP contribution in [0, 0.1) is 0 Å². The number of hydrogen-bond acceptors (Lipinski definition) is 4. The van der Waals surface area contributed by atoms with Gasteiger partial charge in [-0.1, -0.05) is 12.2 Å². The van der Waals surface area contributed by atoms with Gasteiger partial charge in [0.1, 0.15) is 0 Å². The van der Waals surface area contributed by atoms with Crippen molar-refractivity contribution in [3.8, 4) is 0 Å². The highest BCUT2D eigenvalue weighted by Crippen LogP contribution is 2.15. The molecule has 0 atom stereocenters. The molecule has 0 aliphatic rings. The monoisotopic (exact) mass is 195 g/mol. The van der Waals surface area contributed by atoms with Crippen LogP contribution in [0.3, 0.4) is 0 Å². The van der Waals surface area contributed by atoms with E-state index < -0.39 is 0 Å². The van der Waals surface area contributed by atoms with Gasteiger partial charge in [-0.3, -0.25) is 0 Å². The van der Waals surface area contributed by atoms with Crippen LogP contribution in [0.15, 0.2) is 35.5 Å². The van der Waals surface area contributed by atoms with E-state index in [-0.39, 0.29) is 0 Å². The Balaban J connectivity index is 2.37. The number of aromatic nitrogens is 1. The van der Waals surface area contributed by atoms with Crippen molar-refractivity contribution in [2.75, 3.05) is 18.0 Å². The lowest BCUT2D eigenvalue weighted by Gasteiger charge is -1.97. The second-order valence-electron chi connectivity index (χ2n) is 2.45. The van der Waals surface area contributed by atoms with Crippen LogP contribution >= 0.6 is 11.8 Å². The van der Waals surface area contributed by atoms with Crippen molar-refractivity contribution in [2.24, 2.45) is 5.73 Å². The Labute approximate surface area is 82.2 Å². The summed E-state index contributed by atoms with van der Waals surface area (Å²) in [5.74, 6) is 0.897. The number of rotatable bonds is 4. The van der Waals surface area contributed by atoms with E-state index in [1.54, 1.807) is 18.0 Å². The summed E-state index contributed by atoms with van der Waals surface area (Å²) in [5, 5.41) is 0.982. The molecule has 0 aromatic carbocycles. The van der Waals surface area contributed by atoms with Crippen molar-refractivity contribution in [3.05, 3.63) is 30.5 Å². The average molecular weight is 195 g/mol. The Hall–Kier alpha value is -1.00. The van der Waals surface area contributed by atoms with E-state index in [1.807, 2.05) is 24.3 Å². The zero-order valence-corrected chi connectivity index (χ0v) is 8.13. The van der Waals surface area contributed by atoms with Crippen molar-refractivity contribution in [1.29, 1.82) is 0 Å². The molecule has 1 aromatic heterocycles. The van der Waals surface area contributed by atoms with Gasteiger partial charge in [-0.2, -0.15) is 0 Å². The summed E-state index contributed by atoms with van der Waals surface area (Å²) < 4.78 is 0. The van der Waals surface area contributed by atoms with Gasteiger partial charge in [0, 0.05) is 12.3 Å². The number of thioether (sulfide) groups is 1. The maximum atomic E-state index is 5.50. The van der Waals surface area contributed by atoms with E-state index in [0.717, 1.165) is 10.8 Å². The first-order valence-corrected chi connectivity index (χ1v) is 5.01. The lowest BCUT2D eigenvalue weighted by Crippen LogP contribution is -1.92. The fraction of sp³-hybridized carbons (Fsp3) is 0.222. The summed E-state index contributed by atoms with van der Waals surface area (Å²) in [4.78, 5) is 4.15.